The van der Waals surface area contributed by atoms with E-state index in [-0.39, 0.29) is 5.92 Å². The van der Waals surface area contributed by atoms with Crippen molar-refractivity contribution >= 4 is 5.69 Å². The number of nitrogens with zero attached hydrogens (tertiary/aromatic N) is 2. The molecule has 2 rings (SSSR count). The Hall–Kier alpha value is -1.53. The van der Waals surface area contributed by atoms with Gasteiger partial charge in [-0.05, 0) is 30.5 Å². The van der Waals surface area contributed by atoms with Crippen LogP contribution in [0.25, 0.3) is 0 Å². The highest BCUT2D eigenvalue weighted by Crippen LogP contribution is 2.31. The maximum absolute atomic E-state index is 9.95. The van der Waals surface area contributed by atoms with Crippen molar-refractivity contribution in [3.8, 4) is 6.07 Å². The zero-order valence-electron chi connectivity index (χ0n) is 9.64. The standard InChI is InChI=1S/C13H16N2O/c1-9(8-14)13(16)11-3-4-12-10(7-11)5-6-15(12)2/h3-4,7,9,13,16H,5-6H2,1-2H3. The lowest BCUT2D eigenvalue weighted by molar-refractivity contribution is 0.143. The van der Waals surface area contributed by atoms with Crippen LogP contribution in [0.4, 0.5) is 5.69 Å². The molecule has 1 N–H and O–H groups in total. The van der Waals surface area contributed by atoms with Gasteiger partial charge in [0.15, 0.2) is 0 Å². The van der Waals surface area contributed by atoms with E-state index in [4.69, 9.17) is 5.26 Å². The van der Waals surface area contributed by atoms with Crippen molar-refractivity contribution in [2.45, 2.75) is 19.4 Å². The Morgan fingerprint density at radius 3 is 2.94 bits per heavy atom. The normalized spacial score (nSPS) is 17.8. The smallest absolute Gasteiger partial charge is 0.0945 e. The number of anilines is 1. The minimum absolute atomic E-state index is 0.364. The van der Waals surface area contributed by atoms with Gasteiger partial charge in [-0.2, -0.15) is 5.26 Å². The molecule has 1 aliphatic heterocycles. The van der Waals surface area contributed by atoms with Gasteiger partial charge in [0.2, 0.25) is 0 Å². The average molecular weight is 216 g/mol. The van der Waals surface area contributed by atoms with Crippen molar-refractivity contribution in [3.05, 3.63) is 29.3 Å². The Balaban J connectivity index is 2.29. The number of fused-ring (bicyclic) bond motifs is 1. The van der Waals surface area contributed by atoms with Gasteiger partial charge in [-0.25, -0.2) is 0 Å². The number of nitriles is 1. The summed E-state index contributed by atoms with van der Waals surface area (Å²) in [5.74, 6) is -0.364. The Kier molecular flexibility index (Phi) is 2.84. The topological polar surface area (TPSA) is 47.3 Å². The van der Waals surface area contributed by atoms with E-state index in [9.17, 15) is 5.11 Å². The third-order valence-corrected chi connectivity index (χ3v) is 3.25. The highest BCUT2D eigenvalue weighted by atomic mass is 16.3. The van der Waals surface area contributed by atoms with Crippen LogP contribution in [-0.4, -0.2) is 18.7 Å². The van der Waals surface area contributed by atoms with E-state index in [1.54, 1.807) is 6.92 Å². The molecule has 3 nitrogen and oxygen atoms in total. The van der Waals surface area contributed by atoms with Gasteiger partial charge in [-0.15, -0.1) is 0 Å². The van der Waals surface area contributed by atoms with E-state index in [0.717, 1.165) is 18.5 Å². The number of likely N-dealkylation sites (N-methyl/N-ethyl adjacent to an activating group) is 1. The van der Waals surface area contributed by atoms with Crippen molar-refractivity contribution < 1.29 is 5.11 Å². The summed E-state index contributed by atoms with van der Waals surface area (Å²) in [6.45, 7) is 2.77. The summed E-state index contributed by atoms with van der Waals surface area (Å²) in [5, 5.41) is 18.7. The van der Waals surface area contributed by atoms with E-state index < -0.39 is 6.10 Å². The highest BCUT2D eigenvalue weighted by molar-refractivity contribution is 5.58. The molecule has 1 aromatic carbocycles. The molecule has 0 amide bonds. The molecule has 0 aromatic heterocycles. The predicted molar refractivity (Wildman–Crippen MR) is 63.2 cm³/mol. The molecule has 84 valence electrons. The Morgan fingerprint density at radius 2 is 2.25 bits per heavy atom. The van der Waals surface area contributed by atoms with Gasteiger partial charge in [0.1, 0.15) is 0 Å². The highest BCUT2D eigenvalue weighted by Gasteiger charge is 2.20. The fourth-order valence-electron chi connectivity index (χ4n) is 2.13. The third-order valence-electron chi connectivity index (χ3n) is 3.25. The first kappa shape index (κ1) is 11.0. The lowest BCUT2D eigenvalue weighted by atomic mass is 9.96. The van der Waals surface area contributed by atoms with E-state index in [0.29, 0.717) is 0 Å². The lowest BCUT2D eigenvalue weighted by Gasteiger charge is -2.16. The molecular formula is C13H16N2O. The molecule has 0 bridgehead atoms. The molecule has 2 atom stereocenters. The van der Waals surface area contributed by atoms with Crippen LogP contribution in [0, 0.1) is 17.2 Å². The molecule has 0 aliphatic carbocycles. The summed E-state index contributed by atoms with van der Waals surface area (Å²) < 4.78 is 0. The molecule has 1 heterocycles. The molecule has 1 aromatic rings. The van der Waals surface area contributed by atoms with Gasteiger partial charge in [0.25, 0.3) is 0 Å². The second-order valence-corrected chi connectivity index (χ2v) is 4.42. The van der Waals surface area contributed by atoms with Crippen LogP contribution in [0.2, 0.25) is 0 Å². The molecule has 0 saturated heterocycles. The molecule has 0 saturated carbocycles. The zero-order valence-corrected chi connectivity index (χ0v) is 9.64. The summed E-state index contributed by atoms with van der Waals surface area (Å²) in [6, 6.07) is 8.05. The van der Waals surface area contributed by atoms with Crippen molar-refractivity contribution in [1.29, 1.82) is 5.26 Å². The van der Waals surface area contributed by atoms with Crippen LogP contribution in [-0.2, 0) is 6.42 Å². The van der Waals surface area contributed by atoms with Gasteiger partial charge in [0.05, 0.1) is 18.1 Å². The molecule has 3 heteroatoms. The van der Waals surface area contributed by atoms with Crippen LogP contribution in [0.1, 0.15) is 24.2 Å². The largest absolute Gasteiger partial charge is 0.387 e. The SMILES string of the molecule is CC(C#N)C(O)c1ccc2c(c1)CCN2C. The average Bonchev–Trinajstić information content (AvgIpc) is 2.68. The zero-order chi connectivity index (χ0) is 11.7. The maximum atomic E-state index is 9.95. The van der Waals surface area contributed by atoms with Crippen LogP contribution in [0.5, 0.6) is 0 Å². The predicted octanol–water partition coefficient (Wildman–Crippen LogP) is 1.87. The van der Waals surface area contributed by atoms with Crippen molar-refractivity contribution in [3.63, 3.8) is 0 Å². The first-order valence-electron chi connectivity index (χ1n) is 5.55. The first-order chi connectivity index (χ1) is 7.63. The molecule has 0 spiro atoms. The summed E-state index contributed by atoms with van der Waals surface area (Å²) in [7, 11) is 2.07. The summed E-state index contributed by atoms with van der Waals surface area (Å²) in [6.07, 6.45) is 0.342. The fraction of sp³-hybridized carbons (Fsp3) is 0.462. The number of hydrogen-bond acceptors (Lipinski definition) is 3. The van der Waals surface area contributed by atoms with Gasteiger partial charge in [-0.3, -0.25) is 0 Å². The second-order valence-electron chi connectivity index (χ2n) is 4.42. The summed E-state index contributed by atoms with van der Waals surface area (Å²) >= 11 is 0. The van der Waals surface area contributed by atoms with Gasteiger partial charge < -0.3 is 10.0 Å². The number of aliphatic hydroxyl groups excluding tert-OH is 1. The maximum Gasteiger partial charge on any atom is 0.0945 e. The molecular weight excluding hydrogens is 200 g/mol. The van der Waals surface area contributed by atoms with E-state index in [2.05, 4.69) is 18.0 Å². The Morgan fingerprint density at radius 1 is 1.50 bits per heavy atom. The van der Waals surface area contributed by atoms with Crippen molar-refractivity contribution in [2.75, 3.05) is 18.5 Å². The van der Waals surface area contributed by atoms with Crippen molar-refractivity contribution in [1.82, 2.24) is 0 Å². The number of hydrogen-bond donors (Lipinski definition) is 1. The molecule has 16 heavy (non-hydrogen) atoms. The van der Waals surface area contributed by atoms with E-state index in [1.165, 1.54) is 11.3 Å². The monoisotopic (exact) mass is 216 g/mol. The minimum Gasteiger partial charge on any atom is -0.387 e. The molecule has 1 aliphatic rings. The molecule has 0 fully saturated rings. The van der Waals surface area contributed by atoms with E-state index in [1.807, 2.05) is 18.2 Å². The van der Waals surface area contributed by atoms with E-state index >= 15 is 0 Å². The Labute approximate surface area is 95.9 Å². The lowest BCUT2D eigenvalue weighted by Crippen LogP contribution is -2.12. The summed E-state index contributed by atoms with van der Waals surface area (Å²) in [5.41, 5.74) is 3.35. The fourth-order valence-corrected chi connectivity index (χ4v) is 2.13. The van der Waals surface area contributed by atoms with Crippen LogP contribution in [0.15, 0.2) is 18.2 Å². The summed E-state index contributed by atoms with van der Waals surface area (Å²) in [4.78, 5) is 2.21. The van der Waals surface area contributed by atoms with Crippen LogP contribution >= 0.6 is 0 Å². The first-order valence-corrected chi connectivity index (χ1v) is 5.55. The van der Waals surface area contributed by atoms with Crippen LogP contribution < -0.4 is 4.90 Å². The quantitative estimate of drug-likeness (QED) is 0.821. The Bertz CT molecular complexity index is 436. The van der Waals surface area contributed by atoms with Crippen LogP contribution in [0.3, 0.4) is 0 Å². The third kappa shape index (κ3) is 1.77. The molecule has 0 radical (unpaired) electrons. The number of aliphatic hydroxyl groups is 1. The number of rotatable bonds is 2. The number of benzene rings is 1. The van der Waals surface area contributed by atoms with Crippen molar-refractivity contribution in [2.24, 2.45) is 5.92 Å². The minimum atomic E-state index is -0.679. The second kappa shape index (κ2) is 4.15. The molecule has 2 unspecified atom stereocenters. The van der Waals surface area contributed by atoms with Gasteiger partial charge in [0, 0.05) is 19.3 Å². The van der Waals surface area contributed by atoms with Gasteiger partial charge in [-0.1, -0.05) is 12.1 Å². The van der Waals surface area contributed by atoms with Gasteiger partial charge >= 0.3 is 0 Å².